The fourth-order valence-electron chi connectivity index (χ4n) is 1.51. The van der Waals surface area contributed by atoms with Gasteiger partial charge >= 0.3 is 0 Å². The fraction of sp³-hybridized carbons (Fsp3) is 0.0769. The van der Waals surface area contributed by atoms with E-state index in [1.54, 1.807) is 43.5 Å². The van der Waals surface area contributed by atoms with Gasteiger partial charge < -0.3 is 5.32 Å². The lowest BCUT2D eigenvalue weighted by molar-refractivity contribution is 0.102. The Balaban J connectivity index is 2.28. The van der Waals surface area contributed by atoms with Crippen LogP contribution in [0.5, 0.6) is 0 Å². The van der Waals surface area contributed by atoms with Crippen molar-refractivity contribution in [3.8, 4) is 0 Å². The van der Waals surface area contributed by atoms with Crippen LogP contribution >= 0.6 is 23.2 Å². The molecule has 2 rings (SSSR count). The Morgan fingerprint density at radius 3 is 2.61 bits per heavy atom. The molecule has 1 amide bonds. The molecular weight excluding hydrogens is 271 g/mol. The fourth-order valence-corrected chi connectivity index (χ4v) is 1.85. The Labute approximate surface area is 115 Å². The number of benzene rings is 1. The second-order valence-electron chi connectivity index (χ2n) is 3.70. The van der Waals surface area contributed by atoms with Crippen LogP contribution in [0.4, 0.5) is 5.82 Å². The Kier molecular flexibility index (Phi) is 3.84. The first kappa shape index (κ1) is 12.9. The SMILES string of the molecule is Cc1c(Cl)cccc1C(=O)Nc1ncccc1Cl. The van der Waals surface area contributed by atoms with Gasteiger partial charge in [0.25, 0.3) is 5.91 Å². The maximum Gasteiger partial charge on any atom is 0.257 e. The Bertz CT molecular complexity index is 599. The lowest BCUT2D eigenvalue weighted by atomic mass is 10.1. The molecule has 0 aliphatic rings. The molecule has 0 fully saturated rings. The number of carbonyl (C=O) groups is 1. The second-order valence-corrected chi connectivity index (χ2v) is 4.51. The molecule has 0 radical (unpaired) electrons. The summed E-state index contributed by atoms with van der Waals surface area (Å²) in [4.78, 5) is 16.1. The monoisotopic (exact) mass is 280 g/mol. The van der Waals surface area contributed by atoms with Gasteiger partial charge in [0.05, 0.1) is 5.02 Å². The van der Waals surface area contributed by atoms with Crippen molar-refractivity contribution in [2.24, 2.45) is 0 Å². The van der Waals surface area contributed by atoms with E-state index in [4.69, 9.17) is 23.2 Å². The van der Waals surface area contributed by atoms with Gasteiger partial charge in [0.15, 0.2) is 5.82 Å². The summed E-state index contributed by atoms with van der Waals surface area (Å²) < 4.78 is 0. The van der Waals surface area contributed by atoms with E-state index in [1.165, 1.54) is 0 Å². The first-order valence-corrected chi connectivity index (χ1v) is 6.02. The summed E-state index contributed by atoms with van der Waals surface area (Å²) in [6.07, 6.45) is 1.56. The zero-order valence-electron chi connectivity index (χ0n) is 9.58. The van der Waals surface area contributed by atoms with Crippen molar-refractivity contribution in [2.75, 3.05) is 5.32 Å². The molecule has 0 aliphatic heterocycles. The number of hydrogen-bond donors (Lipinski definition) is 1. The van der Waals surface area contributed by atoms with Crippen molar-refractivity contribution in [3.63, 3.8) is 0 Å². The lowest BCUT2D eigenvalue weighted by Crippen LogP contribution is -2.14. The number of nitrogens with zero attached hydrogens (tertiary/aromatic N) is 1. The highest BCUT2D eigenvalue weighted by Crippen LogP contribution is 2.22. The zero-order chi connectivity index (χ0) is 13.1. The van der Waals surface area contributed by atoms with Crippen molar-refractivity contribution in [2.45, 2.75) is 6.92 Å². The number of nitrogens with one attached hydrogen (secondary N) is 1. The molecule has 1 aromatic heterocycles. The first-order chi connectivity index (χ1) is 8.59. The second kappa shape index (κ2) is 5.38. The third kappa shape index (κ3) is 2.63. The zero-order valence-corrected chi connectivity index (χ0v) is 11.1. The molecule has 0 aliphatic carbocycles. The quantitative estimate of drug-likeness (QED) is 0.905. The highest BCUT2D eigenvalue weighted by Gasteiger charge is 2.12. The van der Waals surface area contributed by atoms with Gasteiger partial charge in [-0.25, -0.2) is 4.98 Å². The minimum atomic E-state index is -0.282. The number of rotatable bonds is 2. The predicted molar refractivity (Wildman–Crippen MR) is 73.4 cm³/mol. The Hall–Kier alpha value is -1.58. The van der Waals surface area contributed by atoms with Crippen LogP contribution in [0.2, 0.25) is 10.0 Å². The number of pyridine rings is 1. The summed E-state index contributed by atoms with van der Waals surface area (Å²) in [6, 6.07) is 8.52. The van der Waals surface area contributed by atoms with Crippen LogP contribution in [0.25, 0.3) is 0 Å². The highest BCUT2D eigenvalue weighted by molar-refractivity contribution is 6.34. The molecule has 2 aromatic rings. The lowest BCUT2D eigenvalue weighted by Gasteiger charge is -2.08. The van der Waals surface area contributed by atoms with E-state index in [0.29, 0.717) is 21.4 Å². The summed E-state index contributed by atoms with van der Waals surface area (Å²) in [6.45, 7) is 1.79. The summed E-state index contributed by atoms with van der Waals surface area (Å²) in [5.74, 6) is 0.0548. The first-order valence-electron chi connectivity index (χ1n) is 5.26. The number of anilines is 1. The smallest absolute Gasteiger partial charge is 0.257 e. The van der Waals surface area contributed by atoms with Crippen molar-refractivity contribution < 1.29 is 4.79 Å². The molecule has 3 nitrogen and oxygen atoms in total. The van der Waals surface area contributed by atoms with Crippen molar-refractivity contribution >= 4 is 34.9 Å². The molecular formula is C13H10Cl2N2O. The van der Waals surface area contributed by atoms with E-state index in [-0.39, 0.29) is 5.91 Å². The molecule has 1 heterocycles. The maximum atomic E-state index is 12.1. The Morgan fingerprint density at radius 1 is 1.17 bits per heavy atom. The summed E-state index contributed by atoms with van der Waals surface area (Å²) in [5, 5.41) is 3.60. The number of aromatic nitrogens is 1. The van der Waals surface area contributed by atoms with Gasteiger partial charge in [-0.3, -0.25) is 4.79 Å². The van der Waals surface area contributed by atoms with Gasteiger partial charge in [-0.05, 0) is 36.8 Å². The third-order valence-electron chi connectivity index (χ3n) is 2.50. The van der Waals surface area contributed by atoms with Gasteiger partial charge in [0, 0.05) is 16.8 Å². The van der Waals surface area contributed by atoms with Gasteiger partial charge in [-0.15, -0.1) is 0 Å². The van der Waals surface area contributed by atoms with E-state index in [2.05, 4.69) is 10.3 Å². The van der Waals surface area contributed by atoms with Crippen LogP contribution in [-0.4, -0.2) is 10.9 Å². The molecule has 0 bridgehead atoms. The predicted octanol–water partition coefficient (Wildman–Crippen LogP) is 3.95. The largest absolute Gasteiger partial charge is 0.305 e. The molecule has 0 spiro atoms. The molecule has 5 heteroatoms. The standard InChI is InChI=1S/C13H10Cl2N2O/c1-8-9(4-2-5-10(8)14)13(18)17-12-11(15)6-3-7-16-12/h2-7H,1H3,(H,16,17,18). The molecule has 1 aromatic carbocycles. The minimum Gasteiger partial charge on any atom is -0.305 e. The van der Waals surface area contributed by atoms with Crippen LogP contribution < -0.4 is 5.32 Å². The van der Waals surface area contributed by atoms with E-state index in [0.717, 1.165) is 5.56 Å². The molecule has 0 atom stereocenters. The van der Waals surface area contributed by atoms with Crippen molar-refractivity contribution in [1.82, 2.24) is 4.98 Å². The molecule has 92 valence electrons. The summed E-state index contributed by atoms with van der Waals surface area (Å²) in [5.41, 5.74) is 1.23. The molecule has 18 heavy (non-hydrogen) atoms. The normalized spacial score (nSPS) is 10.2. The van der Waals surface area contributed by atoms with Gasteiger partial charge in [-0.1, -0.05) is 29.3 Å². The van der Waals surface area contributed by atoms with Gasteiger partial charge in [0.1, 0.15) is 0 Å². The number of hydrogen-bond acceptors (Lipinski definition) is 2. The van der Waals surface area contributed by atoms with E-state index >= 15 is 0 Å². The highest BCUT2D eigenvalue weighted by atomic mass is 35.5. The average Bonchev–Trinajstić information content (AvgIpc) is 2.35. The van der Waals surface area contributed by atoms with Crippen LogP contribution in [-0.2, 0) is 0 Å². The minimum absolute atomic E-state index is 0.282. The van der Waals surface area contributed by atoms with Gasteiger partial charge in [0.2, 0.25) is 0 Å². The van der Waals surface area contributed by atoms with Crippen LogP contribution in [0.1, 0.15) is 15.9 Å². The molecule has 0 saturated heterocycles. The van der Waals surface area contributed by atoms with Crippen molar-refractivity contribution in [3.05, 3.63) is 57.7 Å². The number of halogens is 2. The topological polar surface area (TPSA) is 42.0 Å². The van der Waals surface area contributed by atoms with Crippen molar-refractivity contribution in [1.29, 1.82) is 0 Å². The summed E-state index contributed by atoms with van der Waals surface area (Å²) in [7, 11) is 0. The van der Waals surface area contributed by atoms with Crippen LogP contribution in [0.15, 0.2) is 36.5 Å². The summed E-state index contributed by atoms with van der Waals surface area (Å²) >= 11 is 11.9. The third-order valence-corrected chi connectivity index (χ3v) is 3.22. The van der Waals surface area contributed by atoms with E-state index in [1.807, 2.05) is 0 Å². The van der Waals surface area contributed by atoms with Crippen LogP contribution in [0.3, 0.4) is 0 Å². The van der Waals surface area contributed by atoms with E-state index < -0.39 is 0 Å². The van der Waals surface area contributed by atoms with Crippen LogP contribution in [0, 0.1) is 6.92 Å². The Morgan fingerprint density at radius 2 is 1.89 bits per heavy atom. The molecule has 1 N–H and O–H groups in total. The van der Waals surface area contributed by atoms with Gasteiger partial charge in [-0.2, -0.15) is 0 Å². The molecule has 0 unspecified atom stereocenters. The average molecular weight is 281 g/mol. The van der Waals surface area contributed by atoms with E-state index in [9.17, 15) is 4.79 Å². The molecule has 0 saturated carbocycles. The number of carbonyl (C=O) groups excluding carboxylic acids is 1. The maximum absolute atomic E-state index is 12.1. The number of amides is 1.